The summed E-state index contributed by atoms with van der Waals surface area (Å²) >= 11 is 0. The van der Waals surface area contributed by atoms with Crippen LogP contribution in [-0.2, 0) is 0 Å². The van der Waals surface area contributed by atoms with Crippen LogP contribution < -0.4 is 4.90 Å². The summed E-state index contributed by atoms with van der Waals surface area (Å²) in [5.41, 5.74) is 0.962. The summed E-state index contributed by atoms with van der Waals surface area (Å²) in [5, 5.41) is 8.76. The van der Waals surface area contributed by atoms with Crippen LogP contribution in [0.3, 0.4) is 0 Å². The highest BCUT2D eigenvalue weighted by Gasteiger charge is 2.23. The number of hydrogen-bond donors (Lipinski definition) is 0. The first-order chi connectivity index (χ1) is 9.15. The van der Waals surface area contributed by atoms with Gasteiger partial charge in [0.1, 0.15) is 5.82 Å². The first kappa shape index (κ1) is 13.8. The summed E-state index contributed by atoms with van der Waals surface area (Å²) in [6.07, 6.45) is 2.12. The number of rotatable bonds is 3. The normalized spacial score (nSPS) is 17.2. The Morgan fingerprint density at radius 1 is 1.42 bits per heavy atom. The average molecular weight is 261 g/mol. The van der Waals surface area contributed by atoms with E-state index in [2.05, 4.69) is 11.8 Å². The molecule has 1 saturated heterocycles. The van der Waals surface area contributed by atoms with Gasteiger partial charge in [0.05, 0.1) is 17.3 Å². The maximum absolute atomic E-state index is 14.0. The molecule has 0 spiro atoms. The van der Waals surface area contributed by atoms with Crippen LogP contribution in [0.4, 0.5) is 10.1 Å². The SMILES string of the molecule is CCN1CCC(N(C)c2ccc(C#N)cc2F)CC1. The second-order valence-corrected chi connectivity index (χ2v) is 5.05. The van der Waals surface area contributed by atoms with Crippen LogP contribution in [0.15, 0.2) is 18.2 Å². The lowest BCUT2D eigenvalue weighted by atomic mass is 10.0. The van der Waals surface area contributed by atoms with Crippen LogP contribution in [0, 0.1) is 17.1 Å². The largest absolute Gasteiger partial charge is 0.369 e. The Hall–Kier alpha value is -1.60. The van der Waals surface area contributed by atoms with E-state index in [0.29, 0.717) is 17.3 Å². The van der Waals surface area contributed by atoms with E-state index in [0.717, 1.165) is 32.5 Å². The van der Waals surface area contributed by atoms with Crippen molar-refractivity contribution in [2.45, 2.75) is 25.8 Å². The molecular formula is C15H20FN3. The Bertz CT molecular complexity index is 473. The van der Waals surface area contributed by atoms with Crippen molar-refractivity contribution in [3.63, 3.8) is 0 Å². The van der Waals surface area contributed by atoms with Gasteiger partial charge in [-0.2, -0.15) is 5.26 Å². The summed E-state index contributed by atoms with van der Waals surface area (Å²) in [6, 6.07) is 7.04. The molecule has 0 N–H and O–H groups in total. The van der Waals surface area contributed by atoms with Crippen molar-refractivity contribution in [1.82, 2.24) is 4.90 Å². The molecule has 0 unspecified atom stereocenters. The molecule has 0 atom stereocenters. The second kappa shape index (κ2) is 6.03. The van der Waals surface area contributed by atoms with Gasteiger partial charge in [-0.05, 0) is 37.6 Å². The Balaban J connectivity index is 2.08. The number of nitriles is 1. The van der Waals surface area contributed by atoms with Gasteiger partial charge in [0, 0.05) is 26.2 Å². The predicted molar refractivity (Wildman–Crippen MR) is 74.7 cm³/mol. The lowest BCUT2D eigenvalue weighted by Crippen LogP contribution is -2.43. The van der Waals surface area contributed by atoms with Crippen molar-refractivity contribution in [2.24, 2.45) is 0 Å². The van der Waals surface area contributed by atoms with Crippen molar-refractivity contribution >= 4 is 5.69 Å². The first-order valence-electron chi connectivity index (χ1n) is 6.80. The van der Waals surface area contributed by atoms with Gasteiger partial charge in [-0.1, -0.05) is 6.92 Å². The number of likely N-dealkylation sites (tertiary alicyclic amines) is 1. The van der Waals surface area contributed by atoms with Crippen molar-refractivity contribution in [3.05, 3.63) is 29.6 Å². The van der Waals surface area contributed by atoms with Gasteiger partial charge in [-0.3, -0.25) is 0 Å². The van der Waals surface area contributed by atoms with Crippen LogP contribution in [0.1, 0.15) is 25.3 Å². The molecule has 0 radical (unpaired) electrons. The van der Waals surface area contributed by atoms with Crippen molar-refractivity contribution in [2.75, 3.05) is 31.6 Å². The summed E-state index contributed by atoms with van der Waals surface area (Å²) in [5.74, 6) is -0.306. The van der Waals surface area contributed by atoms with Gasteiger partial charge in [-0.15, -0.1) is 0 Å². The van der Waals surface area contributed by atoms with Gasteiger partial charge in [0.2, 0.25) is 0 Å². The van der Waals surface area contributed by atoms with Crippen LogP contribution >= 0.6 is 0 Å². The number of halogens is 1. The van der Waals surface area contributed by atoms with Gasteiger partial charge in [-0.25, -0.2) is 4.39 Å². The summed E-state index contributed by atoms with van der Waals surface area (Å²) in [7, 11) is 1.94. The summed E-state index contributed by atoms with van der Waals surface area (Å²) < 4.78 is 14.0. The molecule has 1 aliphatic heterocycles. The third-order valence-corrected chi connectivity index (χ3v) is 4.01. The van der Waals surface area contributed by atoms with Gasteiger partial charge in [0.25, 0.3) is 0 Å². The van der Waals surface area contributed by atoms with Gasteiger partial charge in [0.15, 0.2) is 0 Å². The molecule has 2 rings (SSSR count). The minimum atomic E-state index is -0.306. The van der Waals surface area contributed by atoms with Crippen molar-refractivity contribution in [1.29, 1.82) is 5.26 Å². The number of hydrogen-bond acceptors (Lipinski definition) is 3. The van der Waals surface area contributed by atoms with Crippen LogP contribution in [-0.4, -0.2) is 37.6 Å². The van der Waals surface area contributed by atoms with E-state index >= 15 is 0 Å². The minimum Gasteiger partial charge on any atom is -0.369 e. The monoisotopic (exact) mass is 261 g/mol. The van der Waals surface area contributed by atoms with E-state index in [-0.39, 0.29) is 5.82 Å². The molecule has 4 heteroatoms. The minimum absolute atomic E-state index is 0.306. The Morgan fingerprint density at radius 3 is 2.63 bits per heavy atom. The highest BCUT2D eigenvalue weighted by Crippen LogP contribution is 2.25. The smallest absolute Gasteiger partial charge is 0.147 e. The zero-order valence-electron chi connectivity index (χ0n) is 11.6. The third-order valence-electron chi connectivity index (χ3n) is 4.01. The Morgan fingerprint density at radius 2 is 2.11 bits per heavy atom. The maximum Gasteiger partial charge on any atom is 0.147 e. The molecule has 0 bridgehead atoms. The lowest BCUT2D eigenvalue weighted by molar-refractivity contribution is 0.220. The highest BCUT2D eigenvalue weighted by molar-refractivity contribution is 5.51. The molecule has 1 aromatic rings. The fourth-order valence-electron chi connectivity index (χ4n) is 2.68. The molecule has 0 aromatic heterocycles. The molecule has 3 nitrogen and oxygen atoms in total. The lowest BCUT2D eigenvalue weighted by Gasteiger charge is -2.37. The Kier molecular flexibility index (Phi) is 4.39. The molecule has 1 heterocycles. The van der Waals surface area contributed by atoms with E-state index in [1.165, 1.54) is 6.07 Å². The van der Waals surface area contributed by atoms with E-state index in [1.54, 1.807) is 12.1 Å². The van der Waals surface area contributed by atoms with Gasteiger partial charge < -0.3 is 9.80 Å². The highest BCUT2D eigenvalue weighted by atomic mass is 19.1. The molecule has 1 fully saturated rings. The molecule has 0 saturated carbocycles. The maximum atomic E-state index is 14.0. The van der Waals surface area contributed by atoms with E-state index in [1.807, 2.05) is 18.0 Å². The predicted octanol–water partition coefficient (Wildman–Crippen LogP) is 2.62. The molecule has 0 amide bonds. The average Bonchev–Trinajstić information content (AvgIpc) is 2.46. The number of piperidine rings is 1. The molecule has 0 aliphatic carbocycles. The third kappa shape index (κ3) is 3.05. The van der Waals surface area contributed by atoms with E-state index in [9.17, 15) is 4.39 Å². The topological polar surface area (TPSA) is 30.3 Å². The fourth-order valence-corrected chi connectivity index (χ4v) is 2.68. The van der Waals surface area contributed by atoms with Crippen LogP contribution in [0.25, 0.3) is 0 Å². The van der Waals surface area contributed by atoms with Crippen molar-refractivity contribution < 1.29 is 4.39 Å². The zero-order chi connectivity index (χ0) is 13.8. The molecule has 1 aromatic carbocycles. The van der Waals surface area contributed by atoms with Gasteiger partial charge >= 0.3 is 0 Å². The van der Waals surface area contributed by atoms with Crippen LogP contribution in [0.5, 0.6) is 0 Å². The van der Waals surface area contributed by atoms with E-state index in [4.69, 9.17) is 5.26 Å². The quantitative estimate of drug-likeness (QED) is 0.838. The van der Waals surface area contributed by atoms with Crippen molar-refractivity contribution in [3.8, 4) is 6.07 Å². The molecule has 19 heavy (non-hydrogen) atoms. The first-order valence-corrected chi connectivity index (χ1v) is 6.80. The summed E-state index contributed by atoms with van der Waals surface area (Å²) in [4.78, 5) is 4.43. The second-order valence-electron chi connectivity index (χ2n) is 5.05. The van der Waals surface area contributed by atoms with E-state index < -0.39 is 0 Å². The fraction of sp³-hybridized carbons (Fsp3) is 0.533. The molecular weight excluding hydrogens is 241 g/mol. The molecule has 102 valence electrons. The molecule has 1 aliphatic rings. The standard InChI is InChI=1S/C15H20FN3/c1-3-19-8-6-13(7-9-19)18(2)15-5-4-12(11-17)10-14(15)16/h4-5,10,13H,3,6-9H2,1-2H3. The van der Waals surface area contributed by atoms with Crippen LogP contribution in [0.2, 0.25) is 0 Å². The number of nitrogens with zero attached hydrogens (tertiary/aromatic N) is 3. The zero-order valence-corrected chi connectivity index (χ0v) is 11.6. The Labute approximate surface area is 114 Å². The number of benzene rings is 1. The summed E-state index contributed by atoms with van der Waals surface area (Å²) in [6.45, 7) is 5.40. The number of anilines is 1.